The van der Waals surface area contributed by atoms with E-state index in [9.17, 15) is 14.4 Å². The lowest BCUT2D eigenvalue weighted by Gasteiger charge is -2.40. The first-order chi connectivity index (χ1) is 18.3. The Morgan fingerprint density at radius 2 is 1.63 bits per heavy atom. The predicted octanol–water partition coefficient (Wildman–Crippen LogP) is 4.42. The van der Waals surface area contributed by atoms with Crippen molar-refractivity contribution in [1.29, 1.82) is 0 Å². The highest BCUT2D eigenvalue weighted by Crippen LogP contribution is 2.56. The highest BCUT2D eigenvalue weighted by atomic mass is 16.5. The Balaban J connectivity index is 1.32. The molecule has 1 aromatic carbocycles. The van der Waals surface area contributed by atoms with E-state index in [0.717, 1.165) is 68.2 Å². The molecule has 2 aliphatic carbocycles. The lowest BCUT2D eigenvalue weighted by Crippen LogP contribution is -2.58. The molecule has 2 bridgehead atoms. The molecule has 3 heterocycles. The SMILES string of the molecule is Cc1cc(C)cc(NC(=O)C2C3C=CC4(O3)C2C(=O)N(C2CCC(C)CC2)C4C(=O)NC2CCCCC2)c1. The monoisotopic (exact) mass is 519 g/mol. The van der Waals surface area contributed by atoms with Crippen LogP contribution in [-0.4, -0.2) is 52.5 Å². The van der Waals surface area contributed by atoms with Crippen LogP contribution in [0.25, 0.3) is 0 Å². The van der Waals surface area contributed by atoms with Crippen molar-refractivity contribution in [3.63, 3.8) is 0 Å². The van der Waals surface area contributed by atoms with Crippen molar-refractivity contribution in [3.8, 4) is 0 Å². The van der Waals surface area contributed by atoms with Crippen LogP contribution in [0, 0.1) is 31.6 Å². The number of nitrogens with zero attached hydrogens (tertiary/aromatic N) is 1. The third kappa shape index (κ3) is 4.27. The van der Waals surface area contributed by atoms with Gasteiger partial charge in [-0.15, -0.1) is 0 Å². The molecule has 1 spiro atoms. The van der Waals surface area contributed by atoms with E-state index in [1.807, 2.05) is 43.0 Å². The number of nitrogens with one attached hydrogen (secondary N) is 2. The van der Waals surface area contributed by atoms with E-state index in [4.69, 9.17) is 4.74 Å². The Hall–Kier alpha value is -2.67. The number of amides is 3. The van der Waals surface area contributed by atoms with Gasteiger partial charge in [0.1, 0.15) is 11.6 Å². The molecule has 0 aromatic heterocycles. The van der Waals surface area contributed by atoms with Crippen molar-refractivity contribution in [3.05, 3.63) is 41.5 Å². The van der Waals surface area contributed by atoms with Crippen molar-refractivity contribution in [2.45, 2.75) is 108 Å². The highest BCUT2D eigenvalue weighted by molar-refractivity contribution is 6.03. The van der Waals surface area contributed by atoms with Gasteiger partial charge < -0.3 is 20.3 Å². The van der Waals surface area contributed by atoms with Crippen molar-refractivity contribution >= 4 is 23.4 Å². The summed E-state index contributed by atoms with van der Waals surface area (Å²) in [6, 6.07) is 5.35. The van der Waals surface area contributed by atoms with Crippen LogP contribution in [0.1, 0.15) is 75.8 Å². The van der Waals surface area contributed by atoms with E-state index in [1.54, 1.807) is 0 Å². The van der Waals surface area contributed by atoms with Gasteiger partial charge in [-0.05, 0) is 81.5 Å². The van der Waals surface area contributed by atoms with Gasteiger partial charge in [-0.2, -0.15) is 0 Å². The van der Waals surface area contributed by atoms with Crippen LogP contribution >= 0.6 is 0 Å². The molecule has 6 rings (SSSR count). The topological polar surface area (TPSA) is 87.7 Å². The lowest BCUT2D eigenvalue weighted by atomic mass is 9.74. The Morgan fingerprint density at radius 1 is 0.947 bits per heavy atom. The Morgan fingerprint density at radius 3 is 2.32 bits per heavy atom. The summed E-state index contributed by atoms with van der Waals surface area (Å²) < 4.78 is 6.54. The average molecular weight is 520 g/mol. The number of carbonyl (C=O) groups is 3. The molecule has 2 saturated carbocycles. The van der Waals surface area contributed by atoms with Crippen LogP contribution in [0.3, 0.4) is 0 Å². The van der Waals surface area contributed by atoms with E-state index in [-0.39, 0.29) is 29.8 Å². The third-order valence-corrected chi connectivity index (χ3v) is 9.68. The Bertz CT molecular complexity index is 1130. The molecule has 5 unspecified atom stereocenters. The number of fused-ring (bicyclic) bond motifs is 1. The fraction of sp³-hybridized carbons (Fsp3) is 0.645. The number of anilines is 1. The van der Waals surface area contributed by atoms with Crippen LogP contribution in [0.4, 0.5) is 5.69 Å². The lowest BCUT2D eigenvalue weighted by molar-refractivity contribution is -0.145. The third-order valence-electron chi connectivity index (χ3n) is 9.68. The molecule has 5 atom stereocenters. The van der Waals surface area contributed by atoms with Gasteiger partial charge in [0.15, 0.2) is 0 Å². The summed E-state index contributed by atoms with van der Waals surface area (Å²) in [4.78, 5) is 43.9. The molecule has 3 amide bonds. The predicted molar refractivity (Wildman–Crippen MR) is 145 cm³/mol. The van der Waals surface area contributed by atoms with Gasteiger partial charge in [-0.3, -0.25) is 14.4 Å². The zero-order valence-corrected chi connectivity index (χ0v) is 22.9. The minimum Gasteiger partial charge on any atom is -0.359 e. The van der Waals surface area contributed by atoms with E-state index in [2.05, 4.69) is 23.6 Å². The molecule has 0 radical (unpaired) electrons. The average Bonchev–Trinajstić information content (AvgIpc) is 3.52. The molecule has 2 saturated heterocycles. The first kappa shape index (κ1) is 25.6. The van der Waals surface area contributed by atoms with Gasteiger partial charge in [0.05, 0.1) is 17.9 Å². The first-order valence-corrected chi connectivity index (χ1v) is 14.7. The normalized spacial score (nSPS) is 36.4. The van der Waals surface area contributed by atoms with Crippen molar-refractivity contribution in [2.24, 2.45) is 17.8 Å². The molecular weight excluding hydrogens is 478 g/mol. The van der Waals surface area contributed by atoms with Crippen molar-refractivity contribution < 1.29 is 19.1 Å². The highest BCUT2D eigenvalue weighted by Gasteiger charge is 2.73. The number of aryl methyl sites for hydroxylation is 2. The fourth-order valence-corrected chi connectivity index (χ4v) is 7.92. The maximum atomic E-state index is 14.3. The van der Waals surface area contributed by atoms with Crippen molar-refractivity contribution in [1.82, 2.24) is 10.2 Å². The zero-order valence-electron chi connectivity index (χ0n) is 22.9. The molecule has 4 fully saturated rings. The van der Waals surface area contributed by atoms with Crippen LogP contribution in [-0.2, 0) is 19.1 Å². The van der Waals surface area contributed by atoms with Gasteiger partial charge in [0.25, 0.3) is 0 Å². The summed E-state index contributed by atoms with van der Waals surface area (Å²) in [5, 5.41) is 6.36. The first-order valence-electron chi connectivity index (χ1n) is 14.7. The maximum absolute atomic E-state index is 14.3. The fourth-order valence-electron chi connectivity index (χ4n) is 7.92. The second-order valence-electron chi connectivity index (χ2n) is 12.6. The molecule has 3 aliphatic heterocycles. The number of likely N-dealkylation sites (tertiary alicyclic amines) is 1. The standard InChI is InChI=1S/C31H41N3O4/c1-18-9-11-23(12-10-18)34-27(29(36)32-21-7-5-4-6-8-21)31-14-13-24(38-31)25(26(31)30(34)37)28(35)33-22-16-19(2)15-20(3)17-22/h13-18,21,23-27H,4-12H2,1-3H3,(H,32,36)(H,33,35). The van der Waals surface area contributed by atoms with Gasteiger partial charge >= 0.3 is 0 Å². The number of ether oxygens (including phenoxy) is 1. The minimum absolute atomic E-state index is 0.0000328. The number of rotatable bonds is 5. The smallest absolute Gasteiger partial charge is 0.246 e. The summed E-state index contributed by atoms with van der Waals surface area (Å²) in [5.74, 6) is -1.15. The van der Waals surface area contributed by atoms with Crippen LogP contribution in [0.15, 0.2) is 30.4 Å². The molecule has 7 nitrogen and oxygen atoms in total. The minimum atomic E-state index is -1.09. The van der Waals surface area contributed by atoms with Gasteiger partial charge in [-0.25, -0.2) is 0 Å². The molecule has 38 heavy (non-hydrogen) atoms. The van der Waals surface area contributed by atoms with Crippen LogP contribution < -0.4 is 10.6 Å². The summed E-state index contributed by atoms with van der Waals surface area (Å²) in [6.07, 6.45) is 12.6. The van der Waals surface area contributed by atoms with E-state index < -0.39 is 29.6 Å². The van der Waals surface area contributed by atoms with Crippen molar-refractivity contribution in [2.75, 3.05) is 5.32 Å². The number of carbonyl (C=O) groups excluding carboxylic acids is 3. The van der Waals surface area contributed by atoms with Gasteiger partial charge in [0, 0.05) is 17.8 Å². The molecule has 7 heteroatoms. The van der Waals surface area contributed by atoms with Crippen LogP contribution in [0.5, 0.6) is 0 Å². The summed E-state index contributed by atoms with van der Waals surface area (Å²) in [7, 11) is 0. The molecular formula is C31H41N3O4. The Labute approximate surface area is 225 Å². The second-order valence-corrected chi connectivity index (χ2v) is 12.6. The summed E-state index contributed by atoms with van der Waals surface area (Å²) in [6.45, 7) is 6.25. The van der Waals surface area contributed by atoms with E-state index >= 15 is 0 Å². The number of hydrogen-bond donors (Lipinski definition) is 2. The summed E-state index contributed by atoms with van der Waals surface area (Å²) >= 11 is 0. The zero-order chi connectivity index (χ0) is 26.6. The largest absolute Gasteiger partial charge is 0.359 e. The van der Waals surface area contributed by atoms with Gasteiger partial charge in [-0.1, -0.05) is 44.4 Å². The number of hydrogen-bond acceptors (Lipinski definition) is 4. The number of benzene rings is 1. The summed E-state index contributed by atoms with van der Waals surface area (Å²) in [5.41, 5.74) is 1.77. The quantitative estimate of drug-likeness (QED) is 0.564. The maximum Gasteiger partial charge on any atom is 0.246 e. The molecule has 1 aromatic rings. The van der Waals surface area contributed by atoms with Gasteiger partial charge in [0.2, 0.25) is 17.7 Å². The van der Waals surface area contributed by atoms with E-state index in [1.165, 1.54) is 6.42 Å². The molecule has 5 aliphatic rings. The molecule has 204 valence electrons. The van der Waals surface area contributed by atoms with Crippen LogP contribution in [0.2, 0.25) is 0 Å². The molecule has 2 N–H and O–H groups in total. The second kappa shape index (κ2) is 9.82. The Kier molecular flexibility index (Phi) is 6.61. The van der Waals surface area contributed by atoms with E-state index in [0.29, 0.717) is 5.92 Å².